The molecule has 0 aliphatic heterocycles. The van der Waals surface area contributed by atoms with Crippen molar-refractivity contribution in [2.24, 2.45) is 0 Å². The lowest BCUT2D eigenvalue weighted by Crippen LogP contribution is -2.14. The number of ether oxygens (including phenoxy) is 7. The molecule has 0 atom stereocenters. The highest BCUT2D eigenvalue weighted by atomic mass is 16.6. The Morgan fingerprint density at radius 3 is 0.511 bits per heavy atom. The van der Waals surface area contributed by atoms with Gasteiger partial charge in [0.15, 0.2) is 0 Å². The molecule has 7 nitrogen and oxygen atoms in total. The predicted octanol–water partition coefficient (Wildman–Crippen LogP) is 10.5. The average molecular weight is 675 g/mol. The molecule has 0 amide bonds. The van der Waals surface area contributed by atoms with Crippen LogP contribution in [0.25, 0.3) is 0 Å². The second-order valence-corrected chi connectivity index (χ2v) is 13.1. The first-order valence-electron chi connectivity index (χ1n) is 20.5. The Morgan fingerprint density at radius 2 is 0.319 bits per heavy atom. The highest BCUT2D eigenvalue weighted by Crippen LogP contribution is 2.13. The van der Waals surface area contributed by atoms with E-state index in [-0.39, 0.29) is 0 Å². The number of hydrogen-bond acceptors (Lipinski definition) is 7. The van der Waals surface area contributed by atoms with Crippen LogP contribution in [-0.2, 0) is 33.2 Å². The number of hydrogen-bond donors (Lipinski definition) is 0. The Balaban J connectivity index is 3.03. The van der Waals surface area contributed by atoms with Crippen molar-refractivity contribution in [1.82, 2.24) is 0 Å². The molecule has 0 aromatic rings. The van der Waals surface area contributed by atoms with Gasteiger partial charge in [-0.25, -0.2) is 0 Å². The zero-order valence-corrected chi connectivity index (χ0v) is 31.7. The van der Waals surface area contributed by atoms with Gasteiger partial charge in [0.25, 0.3) is 0 Å². The normalized spacial score (nSPS) is 11.6. The zero-order valence-electron chi connectivity index (χ0n) is 31.7. The minimum Gasteiger partial charge on any atom is -0.379 e. The van der Waals surface area contributed by atoms with Crippen molar-refractivity contribution in [3.05, 3.63) is 0 Å². The minimum absolute atomic E-state index is 0.568. The van der Waals surface area contributed by atoms with E-state index in [2.05, 4.69) is 13.8 Å². The third kappa shape index (κ3) is 45.7. The summed E-state index contributed by atoms with van der Waals surface area (Å²) in [5, 5.41) is 0. The molecule has 0 rings (SSSR count). The smallest absolute Gasteiger partial charge is 0.0701 e. The molecular formula is C40H82O7. The van der Waals surface area contributed by atoms with Crippen molar-refractivity contribution in [1.29, 1.82) is 0 Å². The molecule has 0 fully saturated rings. The lowest BCUT2D eigenvalue weighted by atomic mass is 10.0. The van der Waals surface area contributed by atoms with Gasteiger partial charge in [-0.2, -0.15) is 0 Å². The van der Waals surface area contributed by atoms with Crippen LogP contribution in [0, 0.1) is 0 Å². The molecule has 0 aliphatic rings. The second kappa shape index (κ2) is 45.7. The third-order valence-electron chi connectivity index (χ3n) is 8.52. The summed E-state index contributed by atoms with van der Waals surface area (Å²) >= 11 is 0. The maximum absolute atomic E-state index is 5.68. The van der Waals surface area contributed by atoms with Crippen LogP contribution in [0.2, 0.25) is 0 Å². The maximum Gasteiger partial charge on any atom is 0.0701 e. The summed E-state index contributed by atoms with van der Waals surface area (Å²) in [6, 6.07) is 0. The van der Waals surface area contributed by atoms with E-state index in [9.17, 15) is 0 Å². The highest BCUT2D eigenvalue weighted by molar-refractivity contribution is 4.50. The molecule has 0 radical (unpaired) electrons. The SMILES string of the molecule is CCCCCCCCCCCCCCCOCCOCCOCCOCCOCCOCCOCCCCCCCCCCCCC. The Hall–Kier alpha value is -0.280. The molecule has 0 saturated heterocycles. The van der Waals surface area contributed by atoms with Crippen LogP contribution in [0.4, 0.5) is 0 Å². The van der Waals surface area contributed by atoms with Gasteiger partial charge in [-0.15, -0.1) is 0 Å². The molecule has 0 saturated carbocycles. The molecule has 0 unspecified atom stereocenters. The first-order chi connectivity index (χ1) is 23.4. The van der Waals surface area contributed by atoms with Gasteiger partial charge in [-0.05, 0) is 12.8 Å². The Labute approximate surface area is 293 Å². The molecule has 0 N–H and O–H groups in total. The van der Waals surface area contributed by atoms with E-state index >= 15 is 0 Å². The van der Waals surface area contributed by atoms with Gasteiger partial charge < -0.3 is 33.2 Å². The highest BCUT2D eigenvalue weighted by Gasteiger charge is 1.97. The van der Waals surface area contributed by atoms with Crippen LogP contribution in [-0.4, -0.2) is 92.5 Å². The van der Waals surface area contributed by atoms with Crippen molar-refractivity contribution < 1.29 is 33.2 Å². The van der Waals surface area contributed by atoms with E-state index in [1.165, 1.54) is 141 Å². The summed E-state index contributed by atoms with van der Waals surface area (Å²) in [7, 11) is 0. The van der Waals surface area contributed by atoms with Crippen LogP contribution in [0.5, 0.6) is 0 Å². The largest absolute Gasteiger partial charge is 0.379 e. The number of rotatable bonds is 44. The molecule has 284 valence electrons. The van der Waals surface area contributed by atoms with E-state index in [4.69, 9.17) is 33.2 Å². The van der Waals surface area contributed by atoms with E-state index in [0.717, 1.165) is 26.1 Å². The molecule has 0 bridgehead atoms. The maximum atomic E-state index is 5.68. The molecule has 0 aliphatic carbocycles. The average Bonchev–Trinajstić information content (AvgIpc) is 3.08. The van der Waals surface area contributed by atoms with Crippen molar-refractivity contribution in [3.63, 3.8) is 0 Å². The van der Waals surface area contributed by atoms with Gasteiger partial charge in [0, 0.05) is 13.2 Å². The van der Waals surface area contributed by atoms with Gasteiger partial charge in [-0.3, -0.25) is 0 Å². The quantitative estimate of drug-likeness (QED) is 0.0596. The standard InChI is InChI=1S/C40H82O7/c1-3-5-7-9-11-13-15-16-18-20-22-24-26-28-42-30-32-44-34-36-46-38-40-47-39-37-45-35-33-43-31-29-41-27-25-23-21-19-17-14-12-10-8-6-4-2/h3-40H2,1-2H3. The van der Waals surface area contributed by atoms with E-state index in [0.29, 0.717) is 79.3 Å². The Morgan fingerprint density at radius 1 is 0.170 bits per heavy atom. The lowest BCUT2D eigenvalue weighted by molar-refractivity contribution is -0.0206. The van der Waals surface area contributed by atoms with Crippen molar-refractivity contribution in [3.8, 4) is 0 Å². The van der Waals surface area contributed by atoms with Gasteiger partial charge in [0.05, 0.1) is 79.3 Å². The van der Waals surface area contributed by atoms with Crippen LogP contribution >= 0.6 is 0 Å². The minimum atomic E-state index is 0.568. The third-order valence-corrected chi connectivity index (χ3v) is 8.52. The lowest BCUT2D eigenvalue weighted by Gasteiger charge is -2.08. The van der Waals surface area contributed by atoms with Crippen molar-refractivity contribution in [2.75, 3.05) is 92.5 Å². The molecule has 47 heavy (non-hydrogen) atoms. The molecule has 0 aromatic carbocycles. The monoisotopic (exact) mass is 675 g/mol. The zero-order chi connectivity index (χ0) is 33.8. The molecule has 0 heterocycles. The fourth-order valence-electron chi connectivity index (χ4n) is 5.51. The molecule has 0 spiro atoms. The van der Waals surface area contributed by atoms with Crippen molar-refractivity contribution in [2.45, 2.75) is 168 Å². The topological polar surface area (TPSA) is 64.6 Å². The summed E-state index contributed by atoms with van der Waals surface area (Å²) in [5.41, 5.74) is 0. The van der Waals surface area contributed by atoms with Crippen LogP contribution in [0.15, 0.2) is 0 Å². The molecule has 7 heteroatoms. The van der Waals surface area contributed by atoms with Crippen LogP contribution < -0.4 is 0 Å². The van der Waals surface area contributed by atoms with E-state index < -0.39 is 0 Å². The Bertz CT molecular complexity index is 479. The summed E-state index contributed by atoms with van der Waals surface area (Å²) in [4.78, 5) is 0. The van der Waals surface area contributed by atoms with Gasteiger partial charge >= 0.3 is 0 Å². The van der Waals surface area contributed by atoms with Gasteiger partial charge in [-0.1, -0.05) is 155 Å². The fourth-order valence-corrected chi connectivity index (χ4v) is 5.51. The summed E-state index contributed by atoms with van der Waals surface area (Å²) in [6.45, 7) is 13.5. The first-order valence-corrected chi connectivity index (χ1v) is 20.5. The second-order valence-electron chi connectivity index (χ2n) is 13.1. The van der Waals surface area contributed by atoms with Crippen LogP contribution in [0.3, 0.4) is 0 Å². The first kappa shape index (κ1) is 46.7. The summed E-state index contributed by atoms with van der Waals surface area (Å²) in [6.07, 6.45) is 32.9. The molecule has 0 aromatic heterocycles. The van der Waals surface area contributed by atoms with Gasteiger partial charge in [0.2, 0.25) is 0 Å². The summed E-state index contributed by atoms with van der Waals surface area (Å²) in [5.74, 6) is 0. The van der Waals surface area contributed by atoms with E-state index in [1.807, 2.05) is 0 Å². The predicted molar refractivity (Wildman–Crippen MR) is 198 cm³/mol. The molecular weight excluding hydrogens is 592 g/mol. The summed E-state index contributed by atoms with van der Waals surface area (Å²) < 4.78 is 39.1. The van der Waals surface area contributed by atoms with Gasteiger partial charge in [0.1, 0.15) is 0 Å². The van der Waals surface area contributed by atoms with Crippen LogP contribution in [0.1, 0.15) is 168 Å². The van der Waals surface area contributed by atoms with E-state index in [1.54, 1.807) is 0 Å². The number of unbranched alkanes of at least 4 members (excludes halogenated alkanes) is 22. The Kier molecular flexibility index (Phi) is 45.4. The van der Waals surface area contributed by atoms with Crippen molar-refractivity contribution >= 4 is 0 Å². The fraction of sp³-hybridized carbons (Fsp3) is 1.00.